The first-order valence-corrected chi connectivity index (χ1v) is 7.86. The zero-order valence-electron chi connectivity index (χ0n) is 12.5. The molecular formula is C16H15BrN6. The van der Waals surface area contributed by atoms with Crippen molar-refractivity contribution in [2.75, 3.05) is 10.6 Å². The highest BCUT2D eigenvalue weighted by molar-refractivity contribution is 9.10. The summed E-state index contributed by atoms with van der Waals surface area (Å²) in [6.45, 7) is 2.63. The van der Waals surface area contributed by atoms with Crippen LogP contribution < -0.4 is 10.6 Å². The van der Waals surface area contributed by atoms with Gasteiger partial charge in [-0.1, -0.05) is 22.0 Å². The SMILES string of the molecule is Cc1cc(Nc2cnnc(NCc3cccnc3)n2)ccc1Br. The Morgan fingerprint density at radius 1 is 1.17 bits per heavy atom. The molecule has 1 aromatic carbocycles. The second kappa shape index (κ2) is 7.15. The summed E-state index contributed by atoms with van der Waals surface area (Å²) in [5, 5.41) is 14.3. The van der Waals surface area contributed by atoms with Crippen LogP contribution >= 0.6 is 15.9 Å². The number of hydrogen-bond donors (Lipinski definition) is 2. The van der Waals surface area contributed by atoms with E-state index in [0.29, 0.717) is 18.3 Å². The molecule has 0 amide bonds. The molecule has 23 heavy (non-hydrogen) atoms. The van der Waals surface area contributed by atoms with E-state index < -0.39 is 0 Å². The molecule has 3 rings (SSSR count). The van der Waals surface area contributed by atoms with Gasteiger partial charge in [-0.05, 0) is 42.3 Å². The van der Waals surface area contributed by atoms with Crippen molar-refractivity contribution in [3.05, 3.63) is 64.5 Å². The second-order valence-electron chi connectivity index (χ2n) is 4.97. The zero-order valence-corrected chi connectivity index (χ0v) is 14.1. The van der Waals surface area contributed by atoms with Crippen LogP contribution in [-0.4, -0.2) is 20.2 Å². The average Bonchev–Trinajstić information content (AvgIpc) is 2.58. The van der Waals surface area contributed by atoms with Crippen LogP contribution in [0.1, 0.15) is 11.1 Å². The fraction of sp³-hybridized carbons (Fsp3) is 0.125. The highest BCUT2D eigenvalue weighted by atomic mass is 79.9. The summed E-state index contributed by atoms with van der Waals surface area (Å²) >= 11 is 3.49. The molecule has 2 aromatic heterocycles. The summed E-state index contributed by atoms with van der Waals surface area (Å²) in [7, 11) is 0. The Balaban J connectivity index is 1.68. The Kier molecular flexibility index (Phi) is 4.77. The van der Waals surface area contributed by atoms with E-state index in [1.165, 1.54) is 0 Å². The molecule has 0 saturated carbocycles. The Morgan fingerprint density at radius 3 is 2.87 bits per heavy atom. The van der Waals surface area contributed by atoms with E-state index in [2.05, 4.69) is 46.7 Å². The van der Waals surface area contributed by atoms with Crippen molar-refractivity contribution in [3.8, 4) is 0 Å². The molecule has 0 aliphatic carbocycles. The topological polar surface area (TPSA) is 75.6 Å². The van der Waals surface area contributed by atoms with Gasteiger partial charge in [0.15, 0.2) is 5.82 Å². The van der Waals surface area contributed by atoms with Gasteiger partial charge in [-0.25, -0.2) is 0 Å². The van der Waals surface area contributed by atoms with Crippen molar-refractivity contribution >= 4 is 33.4 Å². The van der Waals surface area contributed by atoms with Gasteiger partial charge < -0.3 is 10.6 Å². The second-order valence-corrected chi connectivity index (χ2v) is 5.82. The van der Waals surface area contributed by atoms with Crippen LogP contribution in [0.25, 0.3) is 0 Å². The lowest BCUT2D eigenvalue weighted by atomic mass is 10.2. The van der Waals surface area contributed by atoms with E-state index in [-0.39, 0.29) is 0 Å². The van der Waals surface area contributed by atoms with Gasteiger partial charge >= 0.3 is 0 Å². The van der Waals surface area contributed by atoms with E-state index in [1.54, 1.807) is 18.6 Å². The molecule has 7 heteroatoms. The lowest BCUT2D eigenvalue weighted by Crippen LogP contribution is -2.06. The number of halogens is 1. The van der Waals surface area contributed by atoms with Crippen molar-refractivity contribution in [2.24, 2.45) is 0 Å². The number of nitrogens with zero attached hydrogens (tertiary/aromatic N) is 4. The maximum Gasteiger partial charge on any atom is 0.244 e. The van der Waals surface area contributed by atoms with Gasteiger partial charge in [0, 0.05) is 29.1 Å². The predicted octanol–water partition coefficient (Wildman–Crippen LogP) is 3.69. The van der Waals surface area contributed by atoms with Crippen molar-refractivity contribution in [1.82, 2.24) is 20.2 Å². The number of pyridine rings is 1. The maximum atomic E-state index is 4.41. The number of hydrogen-bond acceptors (Lipinski definition) is 6. The lowest BCUT2D eigenvalue weighted by Gasteiger charge is -2.09. The summed E-state index contributed by atoms with van der Waals surface area (Å²) in [5.74, 6) is 1.10. The van der Waals surface area contributed by atoms with Crippen molar-refractivity contribution in [2.45, 2.75) is 13.5 Å². The maximum absolute atomic E-state index is 4.41. The molecular weight excluding hydrogens is 356 g/mol. The molecule has 0 unspecified atom stereocenters. The number of anilines is 3. The smallest absolute Gasteiger partial charge is 0.244 e. The molecule has 2 N–H and O–H groups in total. The van der Waals surface area contributed by atoms with Crippen LogP contribution in [0.5, 0.6) is 0 Å². The van der Waals surface area contributed by atoms with Gasteiger partial charge in [0.1, 0.15) is 0 Å². The molecule has 6 nitrogen and oxygen atoms in total. The Hall–Kier alpha value is -2.54. The standard InChI is InChI=1S/C16H15BrN6/c1-11-7-13(4-5-14(11)17)21-15-10-20-23-16(22-15)19-9-12-3-2-6-18-8-12/h2-8,10H,9H2,1H3,(H2,19,21,22,23). The molecule has 116 valence electrons. The Labute approximate surface area is 142 Å². The molecule has 0 radical (unpaired) electrons. The molecule has 2 heterocycles. The Bertz CT molecular complexity index is 794. The van der Waals surface area contributed by atoms with Crippen LogP contribution in [0.2, 0.25) is 0 Å². The minimum Gasteiger partial charge on any atom is -0.349 e. The lowest BCUT2D eigenvalue weighted by molar-refractivity contribution is 0.946. The number of nitrogens with one attached hydrogen (secondary N) is 2. The minimum atomic E-state index is 0.465. The third-order valence-corrected chi connectivity index (χ3v) is 4.05. The number of aromatic nitrogens is 4. The first kappa shape index (κ1) is 15.4. The molecule has 3 aromatic rings. The Morgan fingerprint density at radius 2 is 2.09 bits per heavy atom. The minimum absolute atomic E-state index is 0.465. The summed E-state index contributed by atoms with van der Waals surface area (Å²) in [6, 6.07) is 9.88. The molecule has 0 fully saturated rings. The molecule has 0 aliphatic rings. The summed E-state index contributed by atoms with van der Waals surface area (Å²) in [6.07, 6.45) is 5.13. The first-order valence-electron chi connectivity index (χ1n) is 7.06. The van der Waals surface area contributed by atoms with Crippen molar-refractivity contribution in [3.63, 3.8) is 0 Å². The molecule has 0 spiro atoms. The molecule has 0 atom stereocenters. The molecule has 0 bridgehead atoms. The van der Waals surface area contributed by atoms with Gasteiger partial charge in [0.25, 0.3) is 0 Å². The van der Waals surface area contributed by atoms with Gasteiger partial charge in [0.05, 0.1) is 6.20 Å². The molecule has 0 aliphatic heterocycles. The summed E-state index contributed by atoms with van der Waals surface area (Å²) < 4.78 is 1.07. The van der Waals surface area contributed by atoms with Crippen LogP contribution in [0.15, 0.2) is 53.4 Å². The fourth-order valence-corrected chi connectivity index (χ4v) is 2.24. The monoisotopic (exact) mass is 370 g/mol. The quantitative estimate of drug-likeness (QED) is 0.713. The van der Waals surface area contributed by atoms with E-state index in [1.807, 2.05) is 37.3 Å². The van der Waals surface area contributed by atoms with E-state index in [0.717, 1.165) is 21.3 Å². The van der Waals surface area contributed by atoms with E-state index in [9.17, 15) is 0 Å². The largest absolute Gasteiger partial charge is 0.349 e. The van der Waals surface area contributed by atoms with Gasteiger partial charge in [-0.2, -0.15) is 10.1 Å². The highest BCUT2D eigenvalue weighted by Crippen LogP contribution is 2.22. The van der Waals surface area contributed by atoms with Gasteiger partial charge in [-0.3, -0.25) is 4.98 Å². The number of aryl methyl sites for hydroxylation is 1. The van der Waals surface area contributed by atoms with Gasteiger partial charge in [0.2, 0.25) is 5.95 Å². The van der Waals surface area contributed by atoms with Crippen LogP contribution in [0.4, 0.5) is 17.5 Å². The fourth-order valence-electron chi connectivity index (χ4n) is 1.99. The normalized spacial score (nSPS) is 10.3. The number of rotatable bonds is 5. The predicted molar refractivity (Wildman–Crippen MR) is 93.6 cm³/mol. The van der Waals surface area contributed by atoms with Gasteiger partial charge in [-0.15, -0.1) is 5.10 Å². The van der Waals surface area contributed by atoms with E-state index in [4.69, 9.17) is 0 Å². The third kappa shape index (κ3) is 4.23. The highest BCUT2D eigenvalue weighted by Gasteiger charge is 2.03. The van der Waals surface area contributed by atoms with Crippen LogP contribution in [0.3, 0.4) is 0 Å². The number of benzene rings is 1. The van der Waals surface area contributed by atoms with Crippen LogP contribution in [0, 0.1) is 6.92 Å². The average molecular weight is 371 g/mol. The van der Waals surface area contributed by atoms with Crippen molar-refractivity contribution < 1.29 is 0 Å². The molecule has 0 saturated heterocycles. The third-order valence-electron chi connectivity index (χ3n) is 3.16. The van der Waals surface area contributed by atoms with Crippen LogP contribution in [-0.2, 0) is 6.54 Å². The first-order chi connectivity index (χ1) is 11.2. The van der Waals surface area contributed by atoms with E-state index >= 15 is 0 Å². The zero-order chi connectivity index (χ0) is 16.1. The van der Waals surface area contributed by atoms with Crippen molar-refractivity contribution in [1.29, 1.82) is 0 Å². The summed E-state index contributed by atoms with van der Waals surface area (Å²) in [4.78, 5) is 8.48. The summed E-state index contributed by atoms with van der Waals surface area (Å²) in [5.41, 5.74) is 3.15.